The first-order valence-electron chi connectivity index (χ1n) is 24.0. The van der Waals surface area contributed by atoms with E-state index in [0.29, 0.717) is 24.1 Å². The van der Waals surface area contributed by atoms with E-state index >= 15 is 0 Å². The zero-order valence-corrected chi connectivity index (χ0v) is 41.4. The molecule has 0 aliphatic carbocycles. The Bertz CT molecular complexity index is 2410. The van der Waals surface area contributed by atoms with Crippen LogP contribution in [0.4, 0.5) is 5.69 Å². The second-order valence-corrected chi connectivity index (χ2v) is 17.8. The number of hydrogen-bond acceptors (Lipinski definition) is 10. The van der Waals surface area contributed by atoms with Crippen LogP contribution in [0, 0.1) is 12.8 Å². The first-order valence-corrected chi connectivity index (χ1v) is 24.0. The number of nitrogens with zero attached hydrogens (tertiary/aromatic N) is 3. The van der Waals surface area contributed by atoms with Gasteiger partial charge in [-0.15, -0.1) is 0 Å². The van der Waals surface area contributed by atoms with Crippen molar-refractivity contribution in [3.63, 3.8) is 0 Å². The number of rotatable bonds is 26. The molecule has 3 aromatic rings. The predicted octanol–water partition coefficient (Wildman–Crippen LogP) is -0.0643. The highest BCUT2D eigenvalue weighted by Crippen LogP contribution is 2.22. The normalized spacial score (nSPS) is 14.6. The molecule has 0 aromatic heterocycles. The van der Waals surface area contributed by atoms with Crippen molar-refractivity contribution < 1.29 is 38.4 Å². The minimum atomic E-state index is -1.13. The molecule has 0 spiro atoms. The summed E-state index contributed by atoms with van der Waals surface area (Å²) >= 11 is 0. The smallest absolute Gasteiger partial charge is 0.251 e. The van der Waals surface area contributed by atoms with Crippen molar-refractivity contribution in [1.29, 1.82) is 0 Å². The van der Waals surface area contributed by atoms with E-state index in [1.807, 2.05) is 60.7 Å². The zero-order valence-electron chi connectivity index (χ0n) is 41.4. The van der Waals surface area contributed by atoms with E-state index in [9.17, 15) is 38.4 Å². The lowest BCUT2D eigenvalue weighted by Crippen LogP contribution is -2.56. The Morgan fingerprint density at radius 2 is 1.31 bits per heavy atom. The molecular weight excluding hydrogens is 925 g/mol. The van der Waals surface area contributed by atoms with Crippen molar-refractivity contribution in [3.05, 3.63) is 101 Å². The van der Waals surface area contributed by atoms with Gasteiger partial charge in [-0.3, -0.25) is 48.3 Å². The van der Waals surface area contributed by atoms with Crippen molar-refractivity contribution in [2.75, 3.05) is 31.5 Å². The molecule has 0 bridgehead atoms. The quantitative estimate of drug-likeness (QED) is 0.0286. The van der Waals surface area contributed by atoms with Crippen molar-refractivity contribution in [1.82, 2.24) is 36.8 Å². The Balaban J connectivity index is 1.46. The van der Waals surface area contributed by atoms with Gasteiger partial charge in [0.05, 0.1) is 6.54 Å². The number of benzene rings is 3. The van der Waals surface area contributed by atoms with Gasteiger partial charge in [0.1, 0.15) is 30.2 Å². The van der Waals surface area contributed by atoms with E-state index < -0.39 is 71.6 Å². The molecule has 3 aromatic carbocycles. The maximum absolute atomic E-state index is 14.0. The molecule has 22 heteroatoms. The molecule has 1 aliphatic rings. The Morgan fingerprint density at radius 1 is 0.694 bits per heavy atom. The summed E-state index contributed by atoms with van der Waals surface area (Å²) in [7, 11) is 0. The van der Waals surface area contributed by atoms with Gasteiger partial charge in [0, 0.05) is 50.8 Å². The van der Waals surface area contributed by atoms with Crippen LogP contribution in [0.25, 0.3) is 0 Å². The van der Waals surface area contributed by atoms with E-state index in [1.165, 1.54) is 24.0 Å². The largest absolute Gasteiger partial charge is 0.370 e. The summed E-state index contributed by atoms with van der Waals surface area (Å²) in [6.07, 6.45) is 1.78. The average molecular weight is 995 g/mol. The summed E-state index contributed by atoms with van der Waals surface area (Å²) in [5.41, 5.74) is 24.7. The molecule has 1 heterocycles. The molecule has 1 saturated heterocycles. The van der Waals surface area contributed by atoms with Gasteiger partial charge in [0.25, 0.3) is 5.91 Å². The number of anilines is 1. The Hall–Kier alpha value is -8.04. The van der Waals surface area contributed by atoms with Crippen LogP contribution in [0.2, 0.25) is 0 Å². The van der Waals surface area contributed by atoms with E-state index in [0.717, 1.165) is 11.1 Å². The molecule has 1 aliphatic heterocycles. The third-order valence-corrected chi connectivity index (χ3v) is 11.7. The molecule has 4 rings (SSSR count). The number of nitrogens with one attached hydrogen (secondary N) is 7. The maximum atomic E-state index is 14.0. The number of hydrogen-bond donors (Lipinski definition) is 11. The summed E-state index contributed by atoms with van der Waals surface area (Å²) in [6, 6.07) is 18.1. The molecule has 388 valence electrons. The molecule has 72 heavy (non-hydrogen) atoms. The van der Waals surface area contributed by atoms with Crippen LogP contribution in [0.5, 0.6) is 0 Å². The summed E-state index contributed by atoms with van der Waals surface area (Å²) in [6.45, 7) is 6.91. The second-order valence-electron chi connectivity index (χ2n) is 17.8. The minimum Gasteiger partial charge on any atom is -0.370 e. The zero-order chi connectivity index (χ0) is 52.7. The van der Waals surface area contributed by atoms with Crippen LogP contribution in [-0.4, -0.2) is 120 Å². The van der Waals surface area contributed by atoms with Gasteiger partial charge >= 0.3 is 0 Å². The fourth-order valence-electron chi connectivity index (χ4n) is 7.91. The van der Waals surface area contributed by atoms with Crippen LogP contribution in [-0.2, 0) is 46.5 Å². The number of carbonyl (C=O) groups is 8. The van der Waals surface area contributed by atoms with E-state index in [1.54, 1.807) is 26.8 Å². The topological polar surface area (TPSA) is 353 Å². The number of aryl methyl sites for hydroxylation is 1. The van der Waals surface area contributed by atoms with Crippen LogP contribution in [0.1, 0.15) is 86.3 Å². The summed E-state index contributed by atoms with van der Waals surface area (Å²) in [5, 5.41) is 19.3. The van der Waals surface area contributed by atoms with Crippen LogP contribution in [0.15, 0.2) is 88.8 Å². The number of carbonyl (C=O) groups excluding carboxylic acids is 8. The lowest BCUT2D eigenvalue weighted by Gasteiger charge is -2.30. The van der Waals surface area contributed by atoms with Crippen molar-refractivity contribution in [2.24, 2.45) is 38.8 Å². The fourth-order valence-corrected chi connectivity index (χ4v) is 7.91. The van der Waals surface area contributed by atoms with Crippen LogP contribution < -0.4 is 60.2 Å². The number of guanidine groups is 2. The molecule has 5 atom stereocenters. The average Bonchev–Trinajstić information content (AvgIpc) is 3.84. The Morgan fingerprint density at radius 3 is 1.89 bits per heavy atom. The monoisotopic (exact) mass is 995 g/mol. The molecule has 0 saturated carbocycles. The number of nitrogens with two attached hydrogens (primary N) is 4. The lowest BCUT2D eigenvalue weighted by atomic mass is 10.00. The third kappa shape index (κ3) is 18.7. The maximum Gasteiger partial charge on any atom is 0.251 e. The third-order valence-electron chi connectivity index (χ3n) is 11.7. The van der Waals surface area contributed by atoms with E-state index in [4.69, 9.17) is 22.9 Å². The molecule has 15 N–H and O–H groups in total. The highest BCUT2D eigenvalue weighted by molar-refractivity contribution is 6.02. The molecule has 0 radical (unpaired) electrons. The van der Waals surface area contributed by atoms with Gasteiger partial charge in [-0.05, 0) is 86.3 Å². The minimum absolute atomic E-state index is 0.0979. The van der Waals surface area contributed by atoms with Gasteiger partial charge in [0.2, 0.25) is 41.4 Å². The number of aliphatic imine (C=N–C) groups is 2. The summed E-state index contributed by atoms with van der Waals surface area (Å²) in [5.74, 6) is -4.93. The van der Waals surface area contributed by atoms with Crippen LogP contribution >= 0.6 is 0 Å². The van der Waals surface area contributed by atoms with Gasteiger partial charge in [-0.2, -0.15) is 0 Å². The molecular formula is C50H70N14O8. The standard InChI is InChI=1S/C50H70N14O8/c1-30(2)42(47(71)62-39(27-33-14-7-5-8-15-33)44(68)58-28-34-16-9-6-10-17-34)63-43(67)35-21-22-36(31(3)26-35)60-45(69)37(18-11-23-55-49(51)52)61-46(70)40-20-13-25-64(40)48(72)38(19-12-24-56-50(53)54)59-41(66)29-57-32(4)65/h5-10,14-17,21-22,26,30,37-40,42H,11-13,18-20,23-25,27-29H2,1-4H3,(H,57,65)(H,58,68)(H,59,66)(H,60,69)(H,61,70)(H,62,71)(H,63,67)(H4,51,52,55)(H4,53,54,56)/t37-,38-,39-,40-,42-/m0/s1. The lowest BCUT2D eigenvalue weighted by molar-refractivity contribution is -0.142. The first-order chi connectivity index (χ1) is 34.3. The second kappa shape index (κ2) is 28.6. The van der Waals surface area contributed by atoms with Gasteiger partial charge in [-0.1, -0.05) is 74.5 Å². The molecule has 8 amide bonds. The molecule has 22 nitrogen and oxygen atoms in total. The van der Waals surface area contributed by atoms with E-state index in [-0.39, 0.29) is 94.1 Å². The van der Waals surface area contributed by atoms with Crippen molar-refractivity contribution >= 4 is 64.9 Å². The Labute approximate surface area is 419 Å². The predicted molar refractivity (Wildman–Crippen MR) is 273 cm³/mol. The van der Waals surface area contributed by atoms with Crippen molar-refractivity contribution in [3.8, 4) is 0 Å². The van der Waals surface area contributed by atoms with Gasteiger partial charge in [-0.25, -0.2) is 0 Å². The van der Waals surface area contributed by atoms with Gasteiger partial charge < -0.3 is 65.1 Å². The number of amides is 8. The van der Waals surface area contributed by atoms with Crippen LogP contribution in [0.3, 0.4) is 0 Å². The first kappa shape index (κ1) is 56.5. The summed E-state index contributed by atoms with van der Waals surface area (Å²) < 4.78 is 0. The highest BCUT2D eigenvalue weighted by atomic mass is 16.2. The SMILES string of the molecule is CC(=O)NCC(=O)N[C@@H](CCCN=C(N)N)C(=O)N1CCC[C@H]1C(=O)N[C@@H](CCCN=C(N)N)C(=O)Nc1ccc(C(=O)N[C@H](C(=O)N[C@@H](Cc2ccccc2)C(=O)NCc2ccccc2)C(C)C)cc1C. The molecule has 0 unspecified atom stereocenters. The highest BCUT2D eigenvalue weighted by Gasteiger charge is 2.39. The molecule has 1 fully saturated rings. The van der Waals surface area contributed by atoms with Crippen molar-refractivity contribution in [2.45, 2.75) is 109 Å². The Kier molecular flexibility index (Phi) is 22.4. The fraction of sp³-hybridized carbons (Fsp3) is 0.440. The summed E-state index contributed by atoms with van der Waals surface area (Å²) in [4.78, 5) is 117. The van der Waals surface area contributed by atoms with Gasteiger partial charge in [0.15, 0.2) is 11.9 Å². The number of likely N-dealkylation sites (tertiary alicyclic amines) is 1. The van der Waals surface area contributed by atoms with E-state index in [2.05, 4.69) is 47.2 Å².